The van der Waals surface area contributed by atoms with Crippen LogP contribution >= 0.6 is 0 Å². The van der Waals surface area contributed by atoms with Gasteiger partial charge in [-0.15, -0.1) is 0 Å². The van der Waals surface area contributed by atoms with Gasteiger partial charge >= 0.3 is 6.18 Å². The number of rotatable bonds is 2. The van der Waals surface area contributed by atoms with Gasteiger partial charge in [-0.1, -0.05) is 66.8 Å². The lowest BCUT2D eigenvalue weighted by molar-refractivity contribution is -0.137. The second kappa shape index (κ2) is 5.70. The number of alkyl halides is 3. The number of hydrogen-bond donors (Lipinski definition) is 1. The summed E-state index contributed by atoms with van der Waals surface area (Å²) in [5.74, 6) is 0. The molecule has 1 aliphatic rings. The molecule has 1 nitrogen and oxygen atoms in total. The van der Waals surface area contributed by atoms with E-state index < -0.39 is 17.3 Å². The summed E-state index contributed by atoms with van der Waals surface area (Å²) in [6.45, 7) is 0. The van der Waals surface area contributed by atoms with Crippen molar-refractivity contribution in [2.75, 3.05) is 0 Å². The minimum Gasteiger partial charge on any atom is -0.380 e. The Morgan fingerprint density at radius 2 is 1.57 bits per heavy atom. The number of halogens is 3. The van der Waals surface area contributed by atoms with E-state index in [1.807, 2.05) is 0 Å². The van der Waals surface area contributed by atoms with E-state index in [4.69, 9.17) is 0 Å². The molecule has 3 rings (SSSR count). The van der Waals surface area contributed by atoms with Gasteiger partial charge in [-0.05, 0) is 22.8 Å². The first-order valence-corrected chi connectivity index (χ1v) is 7.25. The summed E-state index contributed by atoms with van der Waals surface area (Å²) in [4.78, 5) is 0. The summed E-state index contributed by atoms with van der Waals surface area (Å²) in [5, 5.41) is 11.2. The van der Waals surface area contributed by atoms with E-state index in [1.165, 1.54) is 12.1 Å². The van der Waals surface area contributed by atoms with Crippen LogP contribution in [0.1, 0.15) is 23.1 Å². The van der Waals surface area contributed by atoms with Crippen LogP contribution in [-0.4, -0.2) is 5.11 Å². The van der Waals surface area contributed by atoms with Crippen LogP contribution in [0.25, 0.3) is 5.57 Å². The molecule has 0 aromatic heterocycles. The smallest absolute Gasteiger partial charge is 0.380 e. The molecule has 2 aromatic rings. The summed E-state index contributed by atoms with van der Waals surface area (Å²) in [6, 6.07) is 14.1. The SMILES string of the molecule is OC1(c2ccccc2)CC=CC=C1c1ccccc1C(F)(F)F. The summed E-state index contributed by atoms with van der Waals surface area (Å²) < 4.78 is 40.0. The van der Waals surface area contributed by atoms with Gasteiger partial charge in [0.2, 0.25) is 0 Å². The molecular weight excluding hydrogens is 301 g/mol. The van der Waals surface area contributed by atoms with Crippen molar-refractivity contribution in [2.45, 2.75) is 18.2 Å². The van der Waals surface area contributed by atoms with Crippen molar-refractivity contribution in [3.05, 3.63) is 89.5 Å². The van der Waals surface area contributed by atoms with E-state index >= 15 is 0 Å². The summed E-state index contributed by atoms with van der Waals surface area (Å²) >= 11 is 0. The minimum absolute atomic E-state index is 0.00991. The molecule has 0 bridgehead atoms. The summed E-state index contributed by atoms with van der Waals surface area (Å²) in [7, 11) is 0. The molecule has 1 atom stereocenters. The van der Waals surface area contributed by atoms with Gasteiger partial charge in [0.1, 0.15) is 5.60 Å². The predicted molar refractivity (Wildman–Crippen MR) is 83.5 cm³/mol. The molecule has 0 spiro atoms. The van der Waals surface area contributed by atoms with Crippen LogP contribution in [-0.2, 0) is 11.8 Å². The van der Waals surface area contributed by atoms with Gasteiger partial charge in [0.15, 0.2) is 0 Å². The number of aliphatic hydroxyl groups is 1. The first-order chi connectivity index (χ1) is 10.9. The van der Waals surface area contributed by atoms with Gasteiger partial charge in [-0.3, -0.25) is 0 Å². The van der Waals surface area contributed by atoms with Crippen LogP contribution in [0, 0.1) is 0 Å². The monoisotopic (exact) mass is 316 g/mol. The fraction of sp³-hybridized carbons (Fsp3) is 0.158. The number of hydrogen-bond acceptors (Lipinski definition) is 1. The first kappa shape index (κ1) is 15.6. The number of allylic oxidation sites excluding steroid dienone is 2. The third-order valence-electron chi connectivity index (χ3n) is 4.03. The molecule has 0 saturated heterocycles. The highest BCUT2D eigenvalue weighted by atomic mass is 19.4. The van der Waals surface area contributed by atoms with Gasteiger partial charge in [0.25, 0.3) is 0 Å². The average molecular weight is 316 g/mol. The summed E-state index contributed by atoms with van der Waals surface area (Å²) in [5.41, 5.74) is -1.37. The Morgan fingerprint density at radius 3 is 2.26 bits per heavy atom. The average Bonchev–Trinajstić information content (AvgIpc) is 2.55. The Bertz CT molecular complexity index is 760. The van der Waals surface area contributed by atoms with Crippen molar-refractivity contribution < 1.29 is 18.3 Å². The largest absolute Gasteiger partial charge is 0.416 e. The second-order valence-electron chi connectivity index (χ2n) is 5.48. The van der Waals surface area contributed by atoms with Crippen molar-refractivity contribution >= 4 is 5.57 Å². The molecule has 1 N–H and O–H groups in total. The second-order valence-corrected chi connectivity index (χ2v) is 5.48. The molecule has 1 aliphatic carbocycles. The topological polar surface area (TPSA) is 20.2 Å². The van der Waals surface area contributed by atoms with E-state index in [1.54, 1.807) is 54.6 Å². The molecule has 2 aromatic carbocycles. The van der Waals surface area contributed by atoms with Crippen LogP contribution in [0.5, 0.6) is 0 Å². The van der Waals surface area contributed by atoms with Crippen LogP contribution in [0.2, 0.25) is 0 Å². The zero-order valence-electron chi connectivity index (χ0n) is 12.2. The third kappa shape index (κ3) is 2.82. The Hall–Kier alpha value is -2.33. The van der Waals surface area contributed by atoms with Gasteiger partial charge in [-0.2, -0.15) is 13.2 Å². The predicted octanol–water partition coefficient (Wildman–Crippen LogP) is 4.94. The van der Waals surface area contributed by atoms with E-state index in [0.717, 1.165) is 6.07 Å². The molecule has 0 radical (unpaired) electrons. The fourth-order valence-electron chi connectivity index (χ4n) is 2.92. The standard InChI is InChI=1S/C19H15F3O/c20-19(21,22)17-12-5-4-10-15(17)16-11-6-7-13-18(16,23)14-8-2-1-3-9-14/h1-12,23H,13H2. The van der Waals surface area contributed by atoms with E-state index in [-0.39, 0.29) is 17.6 Å². The van der Waals surface area contributed by atoms with E-state index in [0.29, 0.717) is 5.56 Å². The van der Waals surface area contributed by atoms with Crippen LogP contribution in [0.3, 0.4) is 0 Å². The van der Waals surface area contributed by atoms with Crippen molar-refractivity contribution in [3.63, 3.8) is 0 Å². The molecule has 4 heteroatoms. The first-order valence-electron chi connectivity index (χ1n) is 7.25. The molecular formula is C19H15F3O. The van der Waals surface area contributed by atoms with Crippen molar-refractivity contribution in [3.8, 4) is 0 Å². The molecule has 0 saturated carbocycles. The molecule has 0 fully saturated rings. The molecule has 0 heterocycles. The maximum Gasteiger partial charge on any atom is 0.416 e. The highest BCUT2D eigenvalue weighted by molar-refractivity contribution is 5.78. The van der Waals surface area contributed by atoms with Gasteiger partial charge in [0, 0.05) is 6.42 Å². The van der Waals surface area contributed by atoms with Crippen LogP contribution < -0.4 is 0 Å². The summed E-state index contributed by atoms with van der Waals surface area (Å²) in [6.07, 6.45) is 0.749. The Morgan fingerprint density at radius 1 is 0.913 bits per heavy atom. The Balaban J connectivity index is 2.18. The zero-order chi connectivity index (χ0) is 16.5. The number of benzene rings is 2. The van der Waals surface area contributed by atoms with Crippen molar-refractivity contribution in [2.24, 2.45) is 0 Å². The minimum atomic E-state index is -4.48. The maximum absolute atomic E-state index is 13.3. The lowest BCUT2D eigenvalue weighted by Gasteiger charge is -2.34. The molecule has 0 aliphatic heterocycles. The lowest BCUT2D eigenvalue weighted by atomic mass is 9.76. The highest BCUT2D eigenvalue weighted by Gasteiger charge is 2.40. The van der Waals surface area contributed by atoms with Gasteiger partial charge in [-0.25, -0.2) is 0 Å². The third-order valence-corrected chi connectivity index (χ3v) is 4.03. The quantitative estimate of drug-likeness (QED) is 0.832. The van der Waals surface area contributed by atoms with E-state index in [9.17, 15) is 18.3 Å². The normalized spacial score (nSPS) is 21.1. The van der Waals surface area contributed by atoms with Crippen LogP contribution in [0.15, 0.2) is 72.8 Å². The van der Waals surface area contributed by atoms with Gasteiger partial charge < -0.3 is 5.11 Å². The molecule has 1 unspecified atom stereocenters. The van der Waals surface area contributed by atoms with Crippen LogP contribution in [0.4, 0.5) is 13.2 Å². The van der Waals surface area contributed by atoms with E-state index in [2.05, 4.69) is 0 Å². The van der Waals surface area contributed by atoms with Gasteiger partial charge in [0.05, 0.1) is 5.56 Å². The maximum atomic E-state index is 13.3. The zero-order valence-corrected chi connectivity index (χ0v) is 12.2. The Labute approximate surface area is 132 Å². The molecule has 23 heavy (non-hydrogen) atoms. The highest BCUT2D eigenvalue weighted by Crippen LogP contribution is 2.45. The van der Waals surface area contributed by atoms with Crippen molar-refractivity contribution in [1.29, 1.82) is 0 Å². The molecule has 118 valence electrons. The lowest BCUT2D eigenvalue weighted by Crippen LogP contribution is -2.29. The molecule has 0 amide bonds. The Kier molecular flexibility index (Phi) is 3.86. The fourth-order valence-corrected chi connectivity index (χ4v) is 2.92. The van der Waals surface area contributed by atoms with Crippen molar-refractivity contribution in [1.82, 2.24) is 0 Å².